The lowest BCUT2D eigenvalue weighted by Gasteiger charge is -2.29. The van der Waals surface area contributed by atoms with Gasteiger partial charge in [0.25, 0.3) is 0 Å². The summed E-state index contributed by atoms with van der Waals surface area (Å²) in [7, 11) is -3.44. The molecule has 1 aliphatic heterocycles. The lowest BCUT2D eigenvalue weighted by molar-refractivity contribution is -0.136. The molecule has 106 valence electrons. The Labute approximate surface area is 108 Å². The number of nitrogens with zero attached hydrogens (tertiary/aromatic N) is 1. The van der Waals surface area contributed by atoms with E-state index >= 15 is 0 Å². The molecule has 1 unspecified atom stereocenters. The van der Waals surface area contributed by atoms with Crippen LogP contribution in [-0.2, 0) is 19.6 Å². The molecule has 1 fully saturated rings. The van der Waals surface area contributed by atoms with E-state index < -0.39 is 16.1 Å². The summed E-state index contributed by atoms with van der Waals surface area (Å²) in [6.45, 7) is 3.88. The van der Waals surface area contributed by atoms with Gasteiger partial charge in [0.15, 0.2) is 0 Å². The van der Waals surface area contributed by atoms with Crippen molar-refractivity contribution in [2.45, 2.75) is 19.4 Å². The number of carbonyl (C=O) groups excluding carboxylic acids is 1. The van der Waals surface area contributed by atoms with Gasteiger partial charge in [0.1, 0.15) is 0 Å². The third kappa shape index (κ3) is 4.89. The van der Waals surface area contributed by atoms with Gasteiger partial charge in [0.05, 0.1) is 25.0 Å². The molecule has 1 rings (SSSR count). The number of nitrogens with one attached hydrogen (secondary N) is 1. The van der Waals surface area contributed by atoms with Crippen molar-refractivity contribution in [3.63, 3.8) is 0 Å². The molecule has 1 aliphatic rings. The molecular weight excluding hydrogens is 258 g/mol. The Morgan fingerprint density at radius 2 is 2.06 bits per heavy atom. The van der Waals surface area contributed by atoms with Crippen molar-refractivity contribution in [2.75, 3.05) is 38.6 Å². The highest BCUT2D eigenvalue weighted by Gasteiger charge is 2.25. The smallest absolute Gasteiger partial charge is 0.240 e. The van der Waals surface area contributed by atoms with Gasteiger partial charge < -0.3 is 15.4 Å². The van der Waals surface area contributed by atoms with Crippen LogP contribution < -0.4 is 10.5 Å². The maximum Gasteiger partial charge on any atom is 0.240 e. The fourth-order valence-electron chi connectivity index (χ4n) is 1.71. The molecular formula is C10H21N3O4S. The van der Waals surface area contributed by atoms with E-state index in [0.29, 0.717) is 39.3 Å². The lowest BCUT2D eigenvalue weighted by Crippen LogP contribution is -2.50. The average molecular weight is 279 g/mol. The number of ether oxygens (including phenoxy) is 1. The van der Waals surface area contributed by atoms with Crippen LogP contribution in [0.3, 0.4) is 0 Å². The number of rotatable bonds is 6. The summed E-state index contributed by atoms with van der Waals surface area (Å²) in [6.07, 6.45) is 0.383. The van der Waals surface area contributed by atoms with Crippen LogP contribution in [0.1, 0.15) is 13.3 Å². The molecule has 0 aromatic rings. The topological polar surface area (TPSA) is 102 Å². The second-order valence-corrected chi connectivity index (χ2v) is 6.11. The van der Waals surface area contributed by atoms with Gasteiger partial charge in [0, 0.05) is 13.1 Å². The Bertz CT molecular complexity index is 365. The summed E-state index contributed by atoms with van der Waals surface area (Å²) in [4.78, 5) is 13.6. The van der Waals surface area contributed by atoms with Crippen molar-refractivity contribution in [2.24, 2.45) is 5.73 Å². The predicted molar refractivity (Wildman–Crippen MR) is 67.5 cm³/mol. The monoisotopic (exact) mass is 279 g/mol. The second-order valence-electron chi connectivity index (χ2n) is 4.24. The normalized spacial score (nSPS) is 18.7. The van der Waals surface area contributed by atoms with E-state index in [1.54, 1.807) is 11.8 Å². The highest BCUT2D eigenvalue weighted by molar-refractivity contribution is 7.89. The van der Waals surface area contributed by atoms with Crippen LogP contribution in [0.5, 0.6) is 0 Å². The zero-order chi connectivity index (χ0) is 13.6. The Morgan fingerprint density at radius 1 is 1.44 bits per heavy atom. The van der Waals surface area contributed by atoms with Crippen LogP contribution in [0, 0.1) is 0 Å². The molecule has 0 aliphatic carbocycles. The Kier molecular flexibility index (Phi) is 6.00. The van der Waals surface area contributed by atoms with E-state index in [2.05, 4.69) is 4.72 Å². The molecule has 1 amide bonds. The van der Waals surface area contributed by atoms with Gasteiger partial charge in [-0.15, -0.1) is 0 Å². The van der Waals surface area contributed by atoms with Crippen molar-refractivity contribution < 1.29 is 17.9 Å². The number of morpholine rings is 1. The Balaban J connectivity index is 2.48. The SMILES string of the molecule is CC(NS(=O)(=O)CCCN)C(=O)N1CCOCC1. The van der Waals surface area contributed by atoms with Crippen molar-refractivity contribution in [3.8, 4) is 0 Å². The zero-order valence-corrected chi connectivity index (χ0v) is 11.4. The van der Waals surface area contributed by atoms with Gasteiger partial charge in [-0.2, -0.15) is 0 Å². The minimum atomic E-state index is -3.44. The minimum absolute atomic E-state index is 0.0514. The van der Waals surface area contributed by atoms with Crippen LogP contribution in [0.4, 0.5) is 0 Å². The average Bonchev–Trinajstić information content (AvgIpc) is 2.36. The van der Waals surface area contributed by atoms with Gasteiger partial charge in [0.2, 0.25) is 15.9 Å². The Morgan fingerprint density at radius 3 is 2.61 bits per heavy atom. The molecule has 3 N–H and O–H groups in total. The quantitative estimate of drug-likeness (QED) is 0.616. The molecule has 1 atom stereocenters. The summed E-state index contributed by atoms with van der Waals surface area (Å²) in [5.41, 5.74) is 5.26. The standard InChI is InChI=1S/C10H21N3O4S/c1-9(12-18(15,16)8-2-3-11)10(14)13-4-6-17-7-5-13/h9,12H,2-8,11H2,1H3. The number of nitrogens with two attached hydrogens (primary N) is 1. The van der Waals surface area contributed by atoms with Gasteiger partial charge in [-0.25, -0.2) is 13.1 Å². The molecule has 0 aromatic heterocycles. The van der Waals surface area contributed by atoms with E-state index in [-0.39, 0.29) is 11.7 Å². The first-order valence-corrected chi connectivity index (χ1v) is 7.68. The summed E-state index contributed by atoms with van der Waals surface area (Å²) in [5, 5.41) is 0. The van der Waals surface area contributed by atoms with Gasteiger partial charge in [-0.3, -0.25) is 4.79 Å². The van der Waals surface area contributed by atoms with Crippen molar-refractivity contribution in [3.05, 3.63) is 0 Å². The first-order valence-electron chi connectivity index (χ1n) is 6.03. The van der Waals surface area contributed by atoms with Gasteiger partial charge >= 0.3 is 0 Å². The first-order chi connectivity index (χ1) is 8.46. The zero-order valence-electron chi connectivity index (χ0n) is 10.6. The molecule has 0 spiro atoms. The molecule has 0 radical (unpaired) electrons. The maximum atomic E-state index is 12.0. The number of sulfonamides is 1. The third-order valence-electron chi connectivity index (χ3n) is 2.67. The summed E-state index contributed by atoms with van der Waals surface area (Å²) < 4.78 is 30.8. The maximum absolute atomic E-state index is 12.0. The largest absolute Gasteiger partial charge is 0.378 e. The molecule has 7 nitrogen and oxygen atoms in total. The number of amides is 1. The fourth-order valence-corrected chi connectivity index (χ4v) is 3.01. The third-order valence-corrected chi connectivity index (χ3v) is 4.21. The lowest BCUT2D eigenvalue weighted by atomic mass is 10.3. The predicted octanol–water partition coefficient (Wildman–Crippen LogP) is -1.50. The van der Waals surface area contributed by atoms with E-state index in [1.165, 1.54) is 0 Å². The summed E-state index contributed by atoms with van der Waals surface area (Å²) in [6, 6.07) is -0.745. The van der Waals surface area contributed by atoms with Crippen LogP contribution in [0.25, 0.3) is 0 Å². The fraction of sp³-hybridized carbons (Fsp3) is 0.900. The van der Waals surface area contributed by atoms with Crippen LogP contribution >= 0.6 is 0 Å². The molecule has 0 aromatic carbocycles. The summed E-state index contributed by atoms with van der Waals surface area (Å²) >= 11 is 0. The summed E-state index contributed by atoms with van der Waals surface area (Å²) in [5.74, 6) is -0.265. The highest BCUT2D eigenvalue weighted by Crippen LogP contribution is 2.02. The van der Waals surface area contributed by atoms with Crippen LogP contribution in [0.2, 0.25) is 0 Å². The van der Waals surface area contributed by atoms with Crippen molar-refractivity contribution in [1.82, 2.24) is 9.62 Å². The molecule has 1 heterocycles. The number of hydrogen-bond acceptors (Lipinski definition) is 5. The van der Waals surface area contributed by atoms with Gasteiger partial charge in [-0.05, 0) is 19.9 Å². The van der Waals surface area contributed by atoms with Gasteiger partial charge in [-0.1, -0.05) is 0 Å². The van der Waals surface area contributed by atoms with Crippen LogP contribution in [0.15, 0.2) is 0 Å². The first kappa shape index (κ1) is 15.4. The van der Waals surface area contributed by atoms with E-state index in [0.717, 1.165) is 0 Å². The molecule has 1 saturated heterocycles. The number of hydrogen-bond donors (Lipinski definition) is 2. The molecule has 8 heteroatoms. The van der Waals surface area contributed by atoms with E-state index in [1.807, 2.05) is 0 Å². The molecule has 18 heavy (non-hydrogen) atoms. The minimum Gasteiger partial charge on any atom is -0.378 e. The van der Waals surface area contributed by atoms with E-state index in [9.17, 15) is 13.2 Å². The second kappa shape index (κ2) is 7.03. The molecule has 0 bridgehead atoms. The van der Waals surface area contributed by atoms with E-state index in [4.69, 9.17) is 10.5 Å². The Hall–Kier alpha value is -0.700. The van der Waals surface area contributed by atoms with Crippen molar-refractivity contribution in [1.29, 1.82) is 0 Å². The number of carbonyl (C=O) groups is 1. The van der Waals surface area contributed by atoms with Crippen LogP contribution in [-0.4, -0.2) is 63.9 Å². The highest BCUT2D eigenvalue weighted by atomic mass is 32.2. The molecule has 0 saturated carbocycles. The van der Waals surface area contributed by atoms with Crippen molar-refractivity contribution >= 4 is 15.9 Å².